The van der Waals surface area contributed by atoms with Crippen molar-refractivity contribution in [1.29, 1.82) is 0 Å². The van der Waals surface area contributed by atoms with Crippen LogP contribution in [-0.2, 0) is 4.79 Å². The number of carbonyl (C=O) groups is 1. The number of anilines is 1. The van der Waals surface area contributed by atoms with Gasteiger partial charge in [-0.2, -0.15) is 0 Å². The zero-order chi connectivity index (χ0) is 13.2. The molecule has 0 unspecified atom stereocenters. The fraction of sp³-hybridized carbons (Fsp3) is 0.556. The molecule has 0 aliphatic heterocycles. The van der Waals surface area contributed by atoms with Crippen LogP contribution in [0.5, 0.6) is 0 Å². The third kappa shape index (κ3) is 3.16. The van der Waals surface area contributed by atoms with E-state index in [1.807, 2.05) is 4.98 Å². The molecule has 0 saturated heterocycles. The summed E-state index contributed by atoms with van der Waals surface area (Å²) in [7, 11) is 0. The largest absolute Gasteiger partial charge is 0.480 e. The Hall–Kier alpha value is -2.12. The highest BCUT2D eigenvalue weighted by atomic mass is 16.4. The van der Waals surface area contributed by atoms with Crippen LogP contribution in [0.3, 0.4) is 0 Å². The van der Waals surface area contributed by atoms with E-state index in [1.165, 1.54) is 4.90 Å². The molecule has 0 fully saturated rings. The Balaban J connectivity index is 3.27. The molecule has 0 aromatic carbocycles. The van der Waals surface area contributed by atoms with E-state index in [-0.39, 0.29) is 12.4 Å². The van der Waals surface area contributed by atoms with Crippen molar-refractivity contribution in [2.75, 3.05) is 11.4 Å². The monoisotopic (exact) mass is 242 g/mol. The number of hydrogen-bond donors (Lipinski definition) is 3. The predicted octanol–water partition coefficient (Wildman–Crippen LogP) is -0.852. The van der Waals surface area contributed by atoms with E-state index in [1.54, 1.807) is 20.8 Å². The van der Waals surface area contributed by atoms with Crippen LogP contribution in [0.2, 0.25) is 0 Å². The van der Waals surface area contributed by atoms with E-state index >= 15 is 0 Å². The van der Waals surface area contributed by atoms with Crippen LogP contribution in [0.25, 0.3) is 0 Å². The van der Waals surface area contributed by atoms with Gasteiger partial charge in [0, 0.05) is 5.54 Å². The molecule has 8 nitrogen and oxygen atoms in total. The molecule has 1 aromatic rings. The molecule has 1 rings (SSSR count). The molecule has 0 bridgehead atoms. The third-order valence-corrected chi connectivity index (χ3v) is 2.05. The van der Waals surface area contributed by atoms with E-state index < -0.39 is 22.8 Å². The second-order valence-corrected chi connectivity index (χ2v) is 4.48. The lowest BCUT2D eigenvalue weighted by molar-refractivity contribution is -0.135. The summed E-state index contributed by atoms with van der Waals surface area (Å²) >= 11 is 0. The number of nitrogens with zero attached hydrogens (tertiary/aromatic N) is 2. The average Bonchev–Trinajstić information content (AvgIpc) is 2.13. The molecular formula is C9H14N4O4. The first-order chi connectivity index (χ1) is 7.71. The van der Waals surface area contributed by atoms with Gasteiger partial charge in [-0.15, -0.1) is 5.10 Å². The molecule has 17 heavy (non-hydrogen) atoms. The SMILES string of the molecule is CC(C)(C)N(CC(=O)O)c1n[nH]c(=O)[nH]c1=O. The molecule has 1 aromatic heterocycles. The Morgan fingerprint density at radius 2 is 2.00 bits per heavy atom. The minimum absolute atomic E-state index is 0.125. The van der Waals surface area contributed by atoms with Crippen LogP contribution in [0, 0.1) is 0 Å². The van der Waals surface area contributed by atoms with Gasteiger partial charge in [-0.05, 0) is 20.8 Å². The smallest absolute Gasteiger partial charge is 0.342 e. The lowest BCUT2D eigenvalue weighted by Gasteiger charge is -2.34. The van der Waals surface area contributed by atoms with Gasteiger partial charge in [0.1, 0.15) is 6.54 Å². The molecule has 0 aliphatic rings. The van der Waals surface area contributed by atoms with E-state index in [0.29, 0.717) is 0 Å². The molecule has 0 aliphatic carbocycles. The first-order valence-electron chi connectivity index (χ1n) is 4.90. The van der Waals surface area contributed by atoms with E-state index in [4.69, 9.17) is 5.11 Å². The Bertz CT molecular complexity index is 525. The van der Waals surface area contributed by atoms with Gasteiger partial charge in [0.2, 0.25) is 5.82 Å². The number of nitrogens with one attached hydrogen (secondary N) is 2. The summed E-state index contributed by atoms with van der Waals surface area (Å²) in [4.78, 5) is 36.4. The molecule has 94 valence electrons. The van der Waals surface area contributed by atoms with Crippen LogP contribution in [0.4, 0.5) is 5.82 Å². The van der Waals surface area contributed by atoms with Crippen LogP contribution in [-0.4, -0.2) is 38.3 Å². The van der Waals surface area contributed by atoms with Crippen molar-refractivity contribution in [2.24, 2.45) is 0 Å². The summed E-state index contributed by atoms with van der Waals surface area (Å²) in [6, 6.07) is 0. The number of aromatic amines is 2. The van der Waals surface area contributed by atoms with Crippen molar-refractivity contribution in [3.8, 4) is 0 Å². The standard InChI is InChI=1S/C9H14N4O4/c1-9(2,3)13(4-5(14)15)6-7(16)10-8(17)12-11-6/h4H2,1-3H3,(H,14,15)(H2,10,12,16,17). The Morgan fingerprint density at radius 1 is 1.41 bits per heavy atom. The molecule has 0 spiro atoms. The predicted molar refractivity (Wildman–Crippen MR) is 60.2 cm³/mol. The van der Waals surface area contributed by atoms with E-state index in [9.17, 15) is 14.4 Å². The number of carboxylic acid groups (broad SMARTS) is 1. The van der Waals surface area contributed by atoms with Gasteiger partial charge in [-0.25, -0.2) is 9.89 Å². The van der Waals surface area contributed by atoms with Crippen molar-refractivity contribution in [3.63, 3.8) is 0 Å². The Kier molecular flexibility index (Phi) is 3.35. The molecular weight excluding hydrogens is 228 g/mol. The quantitative estimate of drug-likeness (QED) is 0.635. The average molecular weight is 242 g/mol. The first kappa shape index (κ1) is 12.9. The van der Waals surface area contributed by atoms with Crippen molar-refractivity contribution in [2.45, 2.75) is 26.3 Å². The van der Waals surface area contributed by atoms with Crippen LogP contribution >= 0.6 is 0 Å². The first-order valence-corrected chi connectivity index (χ1v) is 4.90. The molecule has 8 heteroatoms. The minimum Gasteiger partial charge on any atom is -0.480 e. The maximum atomic E-state index is 11.5. The van der Waals surface area contributed by atoms with Crippen LogP contribution in [0.15, 0.2) is 9.59 Å². The molecule has 0 radical (unpaired) electrons. The van der Waals surface area contributed by atoms with Crippen molar-refractivity contribution in [1.82, 2.24) is 15.2 Å². The van der Waals surface area contributed by atoms with Crippen LogP contribution in [0.1, 0.15) is 20.8 Å². The Morgan fingerprint density at radius 3 is 2.41 bits per heavy atom. The summed E-state index contributed by atoms with van der Waals surface area (Å²) in [5.41, 5.74) is -2.07. The fourth-order valence-electron chi connectivity index (χ4n) is 1.29. The number of carboxylic acids is 1. The molecule has 3 N–H and O–H groups in total. The second-order valence-electron chi connectivity index (χ2n) is 4.48. The van der Waals surface area contributed by atoms with E-state index in [0.717, 1.165) is 0 Å². The number of H-pyrrole nitrogens is 2. The highest BCUT2D eigenvalue weighted by Crippen LogP contribution is 2.16. The third-order valence-electron chi connectivity index (χ3n) is 2.05. The second kappa shape index (κ2) is 4.40. The number of hydrogen-bond acceptors (Lipinski definition) is 5. The van der Waals surface area contributed by atoms with Gasteiger partial charge in [0.25, 0.3) is 5.56 Å². The van der Waals surface area contributed by atoms with Crippen molar-refractivity contribution < 1.29 is 9.90 Å². The molecule has 0 atom stereocenters. The van der Waals surface area contributed by atoms with Crippen LogP contribution < -0.4 is 16.1 Å². The maximum Gasteiger partial charge on any atom is 0.342 e. The molecule has 0 amide bonds. The van der Waals surface area contributed by atoms with Gasteiger partial charge in [0.05, 0.1) is 0 Å². The van der Waals surface area contributed by atoms with E-state index in [2.05, 4.69) is 10.2 Å². The topological polar surface area (TPSA) is 119 Å². The molecule has 0 saturated carbocycles. The lowest BCUT2D eigenvalue weighted by atomic mass is 10.1. The highest BCUT2D eigenvalue weighted by molar-refractivity contribution is 5.73. The number of aliphatic carboxylic acids is 1. The zero-order valence-corrected chi connectivity index (χ0v) is 9.77. The summed E-state index contributed by atoms with van der Waals surface area (Å²) in [5, 5.41) is 14.5. The number of aromatic nitrogens is 3. The summed E-state index contributed by atoms with van der Waals surface area (Å²) in [6.45, 7) is 4.83. The minimum atomic E-state index is -1.09. The van der Waals surface area contributed by atoms with Gasteiger partial charge < -0.3 is 10.0 Å². The number of rotatable bonds is 3. The van der Waals surface area contributed by atoms with Gasteiger partial charge in [-0.3, -0.25) is 14.6 Å². The zero-order valence-electron chi connectivity index (χ0n) is 9.77. The molecule has 1 heterocycles. The summed E-state index contributed by atoms with van der Waals surface area (Å²) in [6.07, 6.45) is 0. The van der Waals surface area contributed by atoms with Gasteiger partial charge in [0.15, 0.2) is 0 Å². The van der Waals surface area contributed by atoms with Gasteiger partial charge >= 0.3 is 11.7 Å². The van der Waals surface area contributed by atoms with Crippen molar-refractivity contribution in [3.05, 3.63) is 20.8 Å². The lowest BCUT2D eigenvalue weighted by Crippen LogP contribution is -2.48. The normalized spacial score (nSPS) is 11.2. The maximum absolute atomic E-state index is 11.5. The Labute approximate surface area is 96.3 Å². The van der Waals surface area contributed by atoms with Crippen molar-refractivity contribution >= 4 is 11.8 Å². The van der Waals surface area contributed by atoms with Gasteiger partial charge in [-0.1, -0.05) is 0 Å². The highest BCUT2D eigenvalue weighted by Gasteiger charge is 2.27. The summed E-state index contributed by atoms with van der Waals surface area (Å²) < 4.78 is 0. The fourth-order valence-corrected chi connectivity index (χ4v) is 1.29. The summed E-state index contributed by atoms with van der Waals surface area (Å²) in [5.74, 6) is -1.22.